The maximum absolute atomic E-state index is 2.49. The highest BCUT2D eigenvalue weighted by atomic mass is 32.1. The van der Waals surface area contributed by atoms with E-state index in [0.717, 1.165) is 5.69 Å². The lowest BCUT2D eigenvalue weighted by Gasteiger charge is -2.11. The minimum Gasteiger partial charge on any atom is -0.309 e. The molecule has 210 valence electrons. The maximum Gasteiger partial charge on any atom is 0.0640 e. The van der Waals surface area contributed by atoms with Crippen molar-refractivity contribution in [2.45, 2.75) is 0 Å². The summed E-state index contributed by atoms with van der Waals surface area (Å²) >= 11 is 1.88. The molecule has 10 rings (SSSR count). The summed E-state index contributed by atoms with van der Waals surface area (Å²) in [5.74, 6) is 0. The predicted octanol–water partition coefficient (Wildman–Crippen LogP) is 11.9. The van der Waals surface area contributed by atoms with Crippen molar-refractivity contribution in [1.82, 2.24) is 9.13 Å². The van der Waals surface area contributed by atoms with Crippen LogP contribution in [0.15, 0.2) is 158 Å². The smallest absolute Gasteiger partial charge is 0.0640 e. The lowest BCUT2D eigenvalue weighted by molar-refractivity contribution is 1.17. The number of benzene rings is 7. The zero-order valence-corrected chi connectivity index (χ0v) is 25.1. The van der Waals surface area contributed by atoms with Crippen LogP contribution in [0.1, 0.15) is 0 Å². The highest BCUT2D eigenvalue weighted by molar-refractivity contribution is 7.26. The molecule has 3 aromatic heterocycles. The Balaban J connectivity index is 1.30. The molecule has 3 heterocycles. The molecular weight excluding hydrogens is 565 g/mol. The lowest BCUT2D eigenvalue weighted by Crippen LogP contribution is -1.96. The Kier molecular flexibility index (Phi) is 5.19. The number of hydrogen-bond donors (Lipinski definition) is 0. The van der Waals surface area contributed by atoms with E-state index >= 15 is 0 Å². The molecule has 0 atom stereocenters. The second kappa shape index (κ2) is 9.43. The van der Waals surface area contributed by atoms with Gasteiger partial charge in [0.05, 0.1) is 32.5 Å². The van der Waals surface area contributed by atoms with Crippen LogP contribution in [0.4, 0.5) is 0 Å². The zero-order chi connectivity index (χ0) is 29.5. The molecule has 0 N–H and O–H groups in total. The van der Waals surface area contributed by atoms with Crippen LogP contribution in [0.25, 0.3) is 86.3 Å². The molecule has 0 saturated carbocycles. The molecule has 0 saturated heterocycles. The van der Waals surface area contributed by atoms with Crippen molar-refractivity contribution >= 4 is 75.1 Å². The van der Waals surface area contributed by atoms with E-state index < -0.39 is 0 Å². The number of para-hydroxylation sites is 2. The summed E-state index contributed by atoms with van der Waals surface area (Å²) in [5.41, 5.74) is 9.72. The molecule has 0 bridgehead atoms. The average molecular weight is 591 g/mol. The zero-order valence-electron chi connectivity index (χ0n) is 24.3. The molecule has 0 fully saturated rings. The van der Waals surface area contributed by atoms with Crippen molar-refractivity contribution in [2.24, 2.45) is 0 Å². The first kappa shape index (κ1) is 24.8. The van der Waals surface area contributed by atoms with E-state index in [2.05, 4.69) is 167 Å². The average Bonchev–Trinajstić information content (AvgIpc) is 3.75. The van der Waals surface area contributed by atoms with Gasteiger partial charge in [-0.15, -0.1) is 11.3 Å². The van der Waals surface area contributed by atoms with Crippen LogP contribution in [-0.4, -0.2) is 9.13 Å². The Bertz CT molecular complexity index is 2740. The van der Waals surface area contributed by atoms with Gasteiger partial charge in [0.1, 0.15) is 0 Å². The van der Waals surface area contributed by atoms with E-state index in [1.165, 1.54) is 80.6 Å². The predicted molar refractivity (Wildman–Crippen MR) is 193 cm³/mol. The van der Waals surface area contributed by atoms with Crippen LogP contribution in [0.5, 0.6) is 0 Å². The highest BCUT2D eigenvalue weighted by Crippen LogP contribution is 2.43. The van der Waals surface area contributed by atoms with Crippen LogP contribution >= 0.6 is 11.3 Å². The Morgan fingerprint density at radius 2 is 0.933 bits per heavy atom. The minimum absolute atomic E-state index is 1.16. The Morgan fingerprint density at radius 3 is 1.69 bits per heavy atom. The van der Waals surface area contributed by atoms with Gasteiger partial charge in [0.25, 0.3) is 0 Å². The van der Waals surface area contributed by atoms with Gasteiger partial charge in [0, 0.05) is 42.7 Å². The van der Waals surface area contributed by atoms with E-state index in [-0.39, 0.29) is 0 Å². The first-order chi connectivity index (χ1) is 22.3. The minimum atomic E-state index is 1.16. The number of aromatic nitrogens is 2. The summed E-state index contributed by atoms with van der Waals surface area (Å²) in [6, 6.07) is 57.6. The van der Waals surface area contributed by atoms with Gasteiger partial charge in [0.15, 0.2) is 0 Å². The monoisotopic (exact) mass is 590 g/mol. The van der Waals surface area contributed by atoms with Crippen LogP contribution in [0, 0.1) is 0 Å². The molecule has 45 heavy (non-hydrogen) atoms. The van der Waals surface area contributed by atoms with Gasteiger partial charge in [-0.05, 0) is 59.7 Å². The molecular formula is C42H26N2S. The number of nitrogens with zero attached hydrogens (tertiary/aromatic N) is 2. The molecule has 0 unspecified atom stereocenters. The van der Waals surface area contributed by atoms with Crippen molar-refractivity contribution in [3.63, 3.8) is 0 Å². The van der Waals surface area contributed by atoms with Crippen LogP contribution in [0.2, 0.25) is 0 Å². The van der Waals surface area contributed by atoms with E-state index in [9.17, 15) is 0 Å². The fourth-order valence-electron chi connectivity index (χ4n) is 7.31. The van der Waals surface area contributed by atoms with Gasteiger partial charge < -0.3 is 9.13 Å². The van der Waals surface area contributed by atoms with Gasteiger partial charge in [-0.2, -0.15) is 0 Å². The quantitative estimate of drug-likeness (QED) is 0.194. The third-order valence-electron chi connectivity index (χ3n) is 9.32. The molecule has 7 aromatic carbocycles. The van der Waals surface area contributed by atoms with E-state index in [4.69, 9.17) is 0 Å². The van der Waals surface area contributed by atoms with E-state index in [0.29, 0.717) is 0 Å². The van der Waals surface area contributed by atoms with Gasteiger partial charge in [-0.1, -0.05) is 109 Å². The standard InChI is InChI=1S/C42H26N2S/c1-2-11-27(12-3-1)28-21-23-29(24-22-28)43-36-17-7-4-13-30(36)34-25-35-31-14-5-8-18-37(31)44(40(35)26-39(34)43)38-19-10-16-33-32-15-6-9-20-41(32)45-42(33)38/h1-26H. The second-order valence-corrected chi connectivity index (χ2v) is 12.8. The summed E-state index contributed by atoms with van der Waals surface area (Å²) in [5, 5.41) is 7.72. The third kappa shape index (κ3) is 3.56. The SMILES string of the molecule is c1ccc(-c2ccc(-n3c4ccccc4c4cc5c6ccccc6n(-c6cccc7c6sc6ccccc67)c5cc43)cc2)cc1. The number of fused-ring (bicyclic) bond motifs is 9. The summed E-state index contributed by atoms with van der Waals surface area (Å²) in [6.45, 7) is 0. The molecule has 0 amide bonds. The molecule has 0 aliphatic rings. The molecule has 0 radical (unpaired) electrons. The molecule has 3 heteroatoms. The molecule has 0 aliphatic carbocycles. The fourth-order valence-corrected chi connectivity index (χ4v) is 8.52. The van der Waals surface area contributed by atoms with Crippen molar-refractivity contribution in [3.8, 4) is 22.5 Å². The topological polar surface area (TPSA) is 9.86 Å². The number of thiophene rings is 1. The van der Waals surface area contributed by atoms with Gasteiger partial charge in [-0.3, -0.25) is 0 Å². The fraction of sp³-hybridized carbons (Fsp3) is 0. The van der Waals surface area contributed by atoms with Crippen molar-refractivity contribution in [3.05, 3.63) is 158 Å². The Labute approximate surface area is 263 Å². The largest absolute Gasteiger partial charge is 0.309 e. The van der Waals surface area contributed by atoms with Crippen LogP contribution in [-0.2, 0) is 0 Å². The van der Waals surface area contributed by atoms with Crippen molar-refractivity contribution in [1.29, 1.82) is 0 Å². The first-order valence-electron chi connectivity index (χ1n) is 15.4. The van der Waals surface area contributed by atoms with E-state index in [1.807, 2.05) is 11.3 Å². The third-order valence-corrected chi connectivity index (χ3v) is 10.5. The van der Waals surface area contributed by atoms with Crippen molar-refractivity contribution in [2.75, 3.05) is 0 Å². The summed E-state index contributed by atoms with van der Waals surface area (Å²) in [7, 11) is 0. The van der Waals surface area contributed by atoms with Gasteiger partial charge in [-0.25, -0.2) is 0 Å². The van der Waals surface area contributed by atoms with E-state index in [1.54, 1.807) is 0 Å². The van der Waals surface area contributed by atoms with Gasteiger partial charge >= 0.3 is 0 Å². The maximum atomic E-state index is 2.49. The highest BCUT2D eigenvalue weighted by Gasteiger charge is 2.20. The summed E-state index contributed by atoms with van der Waals surface area (Å²) in [4.78, 5) is 0. The Morgan fingerprint density at radius 1 is 0.356 bits per heavy atom. The van der Waals surface area contributed by atoms with Gasteiger partial charge in [0.2, 0.25) is 0 Å². The Hall–Kier alpha value is -5.64. The lowest BCUT2D eigenvalue weighted by atomic mass is 10.1. The summed E-state index contributed by atoms with van der Waals surface area (Å²) < 4.78 is 7.56. The molecule has 0 spiro atoms. The normalized spacial score (nSPS) is 12.0. The summed E-state index contributed by atoms with van der Waals surface area (Å²) in [6.07, 6.45) is 0. The molecule has 2 nitrogen and oxygen atoms in total. The molecule has 10 aromatic rings. The number of hydrogen-bond acceptors (Lipinski definition) is 1. The van der Waals surface area contributed by atoms with Crippen molar-refractivity contribution < 1.29 is 0 Å². The van der Waals surface area contributed by atoms with Crippen LogP contribution < -0.4 is 0 Å². The second-order valence-electron chi connectivity index (χ2n) is 11.8. The van der Waals surface area contributed by atoms with Crippen LogP contribution in [0.3, 0.4) is 0 Å². The molecule has 0 aliphatic heterocycles. The number of rotatable bonds is 3. The first-order valence-corrected chi connectivity index (χ1v) is 16.2.